The Bertz CT molecular complexity index is 668. The highest BCUT2D eigenvalue weighted by atomic mass is 16.1. The number of likely N-dealkylation sites (N-methyl/N-ethyl adjacent to an activating group) is 1. The molecule has 3 rings (SSSR count). The van der Waals surface area contributed by atoms with Gasteiger partial charge in [-0.1, -0.05) is 42.5 Å². The Kier molecular flexibility index (Phi) is 3.99. The van der Waals surface area contributed by atoms with E-state index in [1.807, 2.05) is 18.2 Å². The first-order valence-electron chi connectivity index (χ1n) is 7.72. The molecule has 22 heavy (non-hydrogen) atoms. The standard InChI is InChI=1S/C19H22N2O/c1-21-11-10-19(14-21,13-15-6-3-2-4-7-15)17-9-5-8-16(12-17)18(20)22/h2-9,12H,10-11,13-14H2,1H3,(H2,20,22). The lowest BCUT2D eigenvalue weighted by Crippen LogP contribution is -2.32. The van der Waals surface area contributed by atoms with E-state index in [4.69, 9.17) is 5.73 Å². The van der Waals surface area contributed by atoms with Gasteiger partial charge in [-0.2, -0.15) is 0 Å². The molecule has 0 spiro atoms. The molecule has 0 saturated carbocycles. The van der Waals surface area contributed by atoms with Gasteiger partial charge in [0.2, 0.25) is 5.91 Å². The van der Waals surface area contributed by atoms with Crippen molar-refractivity contribution in [3.8, 4) is 0 Å². The summed E-state index contributed by atoms with van der Waals surface area (Å²) in [6.45, 7) is 2.08. The molecule has 114 valence electrons. The van der Waals surface area contributed by atoms with Crippen LogP contribution in [0.4, 0.5) is 0 Å². The third-order valence-corrected chi connectivity index (χ3v) is 4.69. The van der Waals surface area contributed by atoms with Crippen molar-refractivity contribution in [1.29, 1.82) is 0 Å². The van der Waals surface area contributed by atoms with Gasteiger partial charge >= 0.3 is 0 Å². The van der Waals surface area contributed by atoms with Gasteiger partial charge in [0.15, 0.2) is 0 Å². The van der Waals surface area contributed by atoms with Gasteiger partial charge in [-0.15, -0.1) is 0 Å². The predicted molar refractivity (Wildman–Crippen MR) is 88.9 cm³/mol. The molecule has 1 fully saturated rings. The SMILES string of the molecule is CN1CCC(Cc2ccccc2)(c2cccc(C(N)=O)c2)C1. The first-order chi connectivity index (χ1) is 10.6. The molecule has 1 atom stereocenters. The summed E-state index contributed by atoms with van der Waals surface area (Å²) in [5.74, 6) is -0.358. The van der Waals surface area contributed by atoms with Crippen LogP contribution in [0.5, 0.6) is 0 Å². The fourth-order valence-corrected chi connectivity index (χ4v) is 3.55. The Balaban J connectivity index is 1.99. The van der Waals surface area contributed by atoms with Crippen molar-refractivity contribution in [3.05, 3.63) is 71.3 Å². The Morgan fingerprint density at radius 3 is 2.59 bits per heavy atom. The Hall–Kier alpha value is -2.13. The van der Waals surface area contributed by atoms with E-state index in [1.54, 1.807) is 6.07 Å². The van der Waals surface area contributed by atoms with Gasteiger partial charge in [0.05, 0.1) is 0 Å². The monoisotopic (exact) mass is 294 g/mol. The number of hydrogen-bond acceptors (Lipinski definition) is 2. The van der Waals surface area contributed by atoms with E-state index in [0.717, 1.165) is 25.9 Å². The predicted octanol–water partition coefficient (Wildman–Crippen LogP) is 2.60. The van der Waals surface area contributed by atoms with Crippen LogP contribution in [-0.4, -0.2) is 30.9 Å². The summed E-state index contributed by atoms with van der Waals surface area (Å²) >= 11 is 0. The number of amides is 1. The number of likely N-dealkylation sites (tertiary alicyclic amines) is 1. The van der Waals surface area contributed by atoms with Crippen LogP contribution in [0.2, 0.25) is 0 Å². The summed E-state index contributed by atoms with van der Waals surface area (Å²) in [4.78, 5) is 13.9. The summed E-state index contributed by atoms with van der Waals surface area (Å²) < 4.78 is 0. The van der Waals surface area contributed by atoms with Gasteiger partial charge in [0.1, 0.15) is 0 Å². The largest absolute Gasteiger partial charge is 0.366 e. The van der Waals surface area contributed by atoms with Crippen LogP contribution < -0.4 is 5.73 Å². The minimum absolute atomic E-state index is 0.0571. The van der Waals surface area contributed by atoms with Crippen LogP contribution in [0.1, 0.15) is 27.9 Å². The van der Waals surface area contributed by atoms with E-state index in [2.05, 4.69) is 42.3 Å². The van der Waals surface area contributed by atoms with Crippen LogP contribution in [0.15, 0.2) is 54.6 Å². The molecule has 0 aromatic heterocycles. The van der Waals surface area contributed by atoms with E-state index >= 15 is 0 Å². The molecule has 3 heteroatoms. The summed E-state index contributed by atoms with van der Waals surface area (Å²) in [6, 6.07) is 18.4. The molecule has 1 aliphatic rings. The number of carbonyl (C=O) groups is 1. The van der Waals surface area contributed by atoms with Gasteiger partial charge in [0, 0.05) is 17.5 Å². The molecule has 2 N–H and O–H groups in total. The lowest BCUT2D eigenvalue weighted by molar-refractivity contribution is 0.1000. The van der Waals surface area contributed by atoms with Gasteiger partial charge in [0.25, 0.3) is 0 Å². The highest BCUT2D eigenvalue weighted by molar-refractivity contribution is 5.93. The fourth-order valence-electron chi connectivity index (χ4n) is 3.55. The summed E-state index contributed by atoms with van der Waals surface area (Å²) in [7, 11) is 2.16. The van der Waals surface area contributed by atoms with Crippen LogP contribution >= 0.6 is 0 Å². The van der Waals surface area contributed by atoms with E-state index in [0.29, 0.717) is 5.56 Å². The first-order valence-corrected chi connectivity index (χ1v) is 7.72. The summed E-state index contributed by atoms with van der Waals surface area (Å²) in [5.41, 5.74) is 8.66. The van der Waals surface area contributed by atoms with E-state index < -0.39 is 0 Å². The molecule has 1 unspecified atom stereocenters. The van der Waals surface area contributed by atoms with Crippen molar-refractivity contribution >= 4 is 5.91 Å². The molecule has 3 nitrogen and oxygen atoms in total. The molecule has 0 aliphatic carbocycles. The third kappa shape index (κ3) is 2.90. The molecule has 1 aliphatic heterocycles. The Morgan fingerprint density at radius 1 is 1.18 bits per heavy atom. The molecule has 1 heterocycles. The average Bonchev–Trinajstić information content (AvgIpc) is 2.90. The number of rotatable bonds is 4. The Morgan fingerprint density at radius 2 is 1.95 bits per heavy atom. The fraction of sp³-hybridized carbons (Fsp3) is 0.316. The zero-order valence-corrected chi connectivity index (χ0v) is 13.0. The van der Waals surface area contributed by atoms with E-state index in [9.17, 15) is 4.79 Å². The van der Waals surface area contributed by atoms with Gasteiger partial charge in [-0.3, -0.25) is 4.79 Å². The number of hydrogen-bond donors (Lipinski definition) is 1. The minimum atomic E-state index is -0.358. The minimum Gasteiger partial charge on any atom is -0.366 e. The summed E-state index contributed by atoms with van der Waals surface area (Å²) in [5, 5.41) is 0. The molecular weight excluding hydrogens is 272 g/mol. The topological polar surface area (TPSA) is 46.3 Å². The zero-order valence-electron chi connectivity index (χ0n) is 13.0. The molecule has 2 aromatic carbocycles. The maximum atomic E-state index is 11.5. The van der Waals surface area contributed by atoms with Crippen LogP contribution in [0.25, 0.3) is 0 Å². The van der Waals surface area contributed by atoms with Gasteiger partial charge in [-0.25, -0.2) is 0 Å². The van der Waals surface area contributed by atoms with E-state index in [-0.39, 0.29) is 11.3 Å². The van der Waals surface area contributed by atoms with Crippen LogP contribution in [0.3, 0.4) is 0 Å². The first kappa shape index (κ1) is 14.8. The highest BCUT2D eigenvalue weighted by Gasteiger charge is 2.38. The quantitative estimate of drug-likeness (QED) is 0.942. The maximum absolute atomic E-state index is 11.5. The highest BCUT2D eigenvalue weighted by Crippen LogP contribution is 2.37. The maximum Gasteiger partial charge on any atom is 0.248 e. The second-order valence-electron chi connectivity index (χ2n) is 6.38. The van der Waals surface area contributed by atoms with E-state index in [1.165, 1.54) is 11.1 Å². The number of nitrogens with zero attached hydrogens (tertiary/aromatic N) is 1. The smallest absolute Gasteiger partial charge is 0.248 e. The normalized spacial score (nSPS) is 21.9. The lowest BCUT2D eigenvalue weighted by atomic mass is 9.74. The van der Waals surface area contributed by atoms with Crippen LogP contribution in [-0.2, 0) is 11.8 Å². The molecule has 0 bridgehead atoms. The zero-order chi connectivity index (χ0) is 15.6. The molecule has 0 radical (unpaired) electrons. The molecule has 1 amide bonds. The summed E-state index contributed by atoms with van der Waals surface area (Å²) in [6.07, 6.45) is 2.08. The van der Waals surface area contributed by atoms with Crippen LogP contribution in [0, 0.1) is 0 Å². The number of primary amides is 1. The van der Waals surface area contributed by atoms with Crippen molar-refractivity contribution < 1.29 is 4.79 Å². The lowest BCUT2D eigenvalue weighted by Gasteiger charge is -2.30. The molecular formula is C19H22N2O. The van der Waals surface area contributed by atoms with Gasteiger partial charge < -0.3 is 10.6 Å². The second-order valence-corrected chi connectivity index (χ2v) is 6.38. The molecule has 1 saturated heterocycles. The van der Waals surface area contributed by atoms with Crippen molar-refractivity contribution in [2.24, 2.45) is 5.73 Å². The number of carbonyl (C=O) groups excluding carboxylic acids is 1. The van der Waals surface area contributed by atoms with Crippen molar-refractivity contribution in [1.82, 2.24) is 4.90 Å². The second kappa shape index (κ2) is 5.93. The third-order valence-electron chi connectivity index (χ3n) is 4.69. The Labute approximate surface area is 131 Å². The van der Waals surface area contributed by atoms with Gasteiger partial charge in [-0.05, 0) is 49.7 Å². The molecule has 2 aromatic rings. The average molecular weight is 294 g/mol. The number of nitrogens with two attached hydrogens (primary N) is 1. The number of benzene rings is 2. The van der Waals surface area contributed by atoms with Crippen molar-refractivity contribution in [2.75, 3.05) is 20.1 Å². The van der Waals surface area contributed by atoms with Crippen molar-refractivity contribution in [2.45, 2.75) is 18.3 Å². The van der Waals surface area contributed by atoms with Crippen molar-refractivity contribution in [3.63, 3.8) is 0 Å².